The smallest absolute Gasteiger partial charge is 0.330 e. The topological polar surface area (TPSA) is 110 Å². The second-order valence-electron chi connectivity index (χ2n) is 4.96. The van der Waals surface area contributed by atoms with Crippen LogP contribution >= 0.6 is 7.60 Å². The van der Waals surface area contributed by atoms with Gasteiger partial charge in [0.2, 0.25) is 5.85 Å². The lowest BCUT2D eigenvalue weighted by Gasteiger charge is -2.24. The van der Waals surface area contributed by atoms with Gasteiger partial charge in [-0.1, -0.05) is 6.58 Å². The first-order chi connectivity index (χ1) is 10.1. The maximum absolute atomic E-state index is 14.4. The molecule has 2 aromatic heterocycles. The van der Waals surface area contributed by atoms with Crippen molar-refractivity contribution in [1.82, 2.24) is 19.5 Å². The minimum Gasteiger partial charge on any atom is -0.330 e. The number of nitrogens with zero attached hydrogens (tertiary/aromatic N) is 4. The summed E-state index contributed by atoms with van der Waals surface area (Å²) in [5, 5.41) is 0. The molecular formula is C12H16FN4O4P. The molecule has 0 fully saturated rings. The lowest BCUT2D eigenvalue weighted by molar-refractivity contribution is -0.0888. The van der Waals surface area contributed by atoms with E-state index in [4.69, 9.17) is 9.79 Å². The van der Waals surface area contributed by atoms with Gasteiger partial charge in [-0.25, -0.2) is 19.3 Å². The van der Waals surface area contributed by atoms with Gasteiger partial charge < -0.3 is 19.1 Å². The van der Waals surface area contributed by atoms with Crippen LogP contribution in [0.5, 0.6) is 0 Å². The summed E-state index contributed by atoms with van der Waals surface area (Å²) in [5.74, 6) is -2.39. The molecule has 10 heteroatoms. The number of aromatic nitrogens is 4. The average molecular weight is 330 g/mol. The molecule has 0 aromatic carbocycles. The van der Waals surface area contributed by atoms with Crippen molar-refractivity contribution in [2.45, 2.75) is 26.2 Å². The molecule has 0 aliphatic carbocycles. The molecule has 2 rings (SSSR count). The third-order valence-electron chi connectivity index (χ3n) is 3.08. The Labute approximate surface area is 125 Å². The van der Waals surface area contributed by atoms with E-state index in [-0.39, 0.29) is 12.1 Å². The van der Waals surface area contributed by atoms with E-state index >= 15 is 0 Å². The molecule has 0 amide bonds. The number of aryl methyl sites for hydroxylation is 1. The SMILES string of the molecule is C=C(Cn1cnc2c(C)ncnc21)[C@](C)(F)OCP(=O)(O)O. The standard InChI is InChI=1S/C12H16FN4O4P/c1-8(12(3,13)21-7-22(18,19)20)4-17-6-16-10-9(2)14-5-15-11(10)17/h5-6H,1,4,7H2,2-3H3,(H2,18,19,20)/t12-/m1/s1. The van der Waals surface area contributed by atoms with E-state index in [9.17, 15) is 8.96 Å². The summed E-state index contributed by atoms with van der Waals surface area (Å²) in [4.78, 5) is 29.7. The minimum atomic E-state index is -4.46. The fourth-order valence-corrected chi connectivity index (χ4v) is 2.18. The van der Waals surface area contributed by atoms with Crippen LogP contribution in [0.3, 0.4) is 0 Å². The third kappa shape index (κ3) is 3.75. The Morgan fingerprint density at radius 2 is 2.18 bits per heavy atom. The van der Waals surface area contributed by atoms with E-state index < -0.39 is 19.8 Å². The lowest BCUT2D eigenvalue weighted by atomic mass is 10.1. The number of alkyl halides is 1. The molecule has 2 aromatic rings. The molecule has 1 atom stereocenters. The number of ether oxygens (including phenoxy) is 1. The van der Waals surface area contributed by atoms with E-state index in [2.05, 4.69) is 26.3 Å². The monoisotopic (exact) mass is 330 g/mol. The predicted octanol–water partition coefficient (Wildman–Crippen LogP) is 1.53. The van der Waals surface area contributed by atoms with Crippen LogP contribution in [0.4, 0.5) is 4.39 Å². The Balaban J connectivity index is 2.16. The summed E-state index contributed by atoms with van der Waals surface area (Å²) in [6.07, 6.45) is 1.82. The number of rotatable bonds is 6. The van der Waals surface area contributed by atoms with Crippen LogP contribution in [-0.2, 0) is 15.8 Å². The molecule has 2 heterocycles. The normalized spacial score (nSPS) is 15.0. The Morgan fingerprint density at radius 3 is 2.82 bits per heavy atom. The number of imidazole rings is 1. The van der Waals surface area contributed by atoms with Gasteiger partial charge in [0.25, 0.3) is 0 Å². The largest absolute Gasteiger partial charge is 0.351 e. The van der Waals surface area contributed by atoms with Gasteiger partial charge in [0, 0.05) is 5.57 Å². The summed E-state index contributed by atoms with van der Waals surface area (Å²) in [6.45, 7) is 6.41. The summed E-state index contributed by atoms with van der Waals surface area (Å²) in [6, 6.07) is 0. The number of hydrogen-bond donors (Lipinski definition) is 2. The van der Waals surface area contributed by atoms with Crippen LogP contribution in [0.25, 0.3) is 11.2 Å². The maximum atomic E-state index is 14.4. The summed E-state index contributed by atoms with van der Waals surface area (Å²) in [7, 11) is -4.46. The number of fused-ring (bicyclic) bond motifs is 1. The van der Waals surface area contributed by atoms with E-state index in [1.807, 2.05) is 0 Å². The molecule has 0 unspecified atom stereocenters. The molecule has 0 aliphatic heterocycles. The van der Waals surface area contributed by atoms with Crippen molar-refractivity contribution >= 4 is 18.8 Å². The van der Waals surface area contributed by atoms with Gasteiger partial charge in [-0.3, -0.25) is 4.57 Å². The first kappa shape index (κ1) is 16.7. The molecule has 120 valence electrons. The lowest BCUT2D eigenvalue weighted by Crippen LogP contribution is -2.28. The van der Waals surface area contributed by atoms with Gasteiger partial charge in [0.15, 0.2) is 12.0 Å². The molecule has 0 saturated heterocycles. The second-order valence-corrected chi connectivity index (χ2v) is 6.55. The van der Waals surface area contributed by atoms with Crippen LogP contribution in [0.15, 0.2) is 24.8 Å². The highest BCUT2D eigenvalue weighted by molar-refractivity contribution is 7.51. The molecule has 2 N–H and O–H groups in total. The Hall–Kier alpha value is -1.67. The van der Waals surface area contributed by atoms with Crippen molar-refractivity contribution in [3.63, 3.8) is 0 Å². The Kier molecular flexibility index (Phi) is 4.44. The van der Waals surface area contributed by atoms with E-state index in [0.717, 1.165) is 6.92 Å². The molecule has 0 saturated carbocycles. The number of halogens is 1. The maximum Gasteiger partial charge on any atom is 0.351 e. The molecular weight excluding hydrogens is 314 g/mol. The van der Waals surface area contributed by atoms with Crippen molar-refractivity contribution in [2.75, 3.05) is 6.35 Å². The first-order valence-corrected chi connectivity index (χ1v) is 8.08. The number of hydrogen-bond acceptors (Lipinski definition) is 5. The molecule has 8 nitrogen and oxygen atoms in total. The first-order valence-electron chi connectivity index (χ1n) is 6.28. The van der Waals surface area contributed by atoms with Crippen LogP contribution in [0.2, 0.25) is 0 Å². The van der Waals surface area contributed by atoms with Crippen molar-refractivity contribution in [3.05, 3.63) is 30.5 Å². The highest BCUT2D eigenvalue weighted by Crippen LogP contribution is 2.37. The van der Waals surface area contributed by atoms with Crippen molar-refractivity contribution < 1.29 is 23.5 Å². The van der Waals surface area contributed by atoms with Crippen LogP contribution in [0, 0.1) is 6.92 Å². The van der Waals surface area contributed by atoms with E-state index in [0.29, 0.717) is 16.9 Å². The predicted molar refractivity (Wildman–Crippen MR) is 76.7 cm³/mol. The Bertz CT molecular complexity index is 755. The average Bonchev–Trinajstić information content (AvgIpc) is 2.81. The highest BCUT2D eigenvalue weighted by Gasteiger charge is 2.31. The summed E-state index contributed by atoms with van der Waals surface area (Å²) in [5.41, 5.74) is 1.78. The fraction of sp³-hybridized carbons (Fsp3) is 0.417. The van der Waals surface area contributed by atoms with E-state index in [1.54, 1.807) is 11.5 Å². The summed E-state index contributed by atoms with van der Waals surface area (Å²) < 4.78 is 31.3. The molecule has 0 aliphatic rings. The van der Waals surface area contributed by atoms with Gasteiger partial charge in [-0.2, -0.15) is 0 Å². The van der Waals surface area contributed by atoms with Gasteiger partial charge in [-0.15, -0.1) is 0 Å². The highest BCUT2D eigenvalue weighted by atomic mass is 31.2. The fourth-order valence-electron chi connectivity index (χ4n) is 1.77. The summed E-state index contributed by atoms with van der Waals surface area (Å²) >= 11 is 0. The molecule has 0 bridgehead atoms. The van der Waals surface area contributed by atoms with Gasteiger partial charge in [-0.05, 0) is 13.8 Å². The Morgan fingerprint density at radius 1 is 1.50 bits per heavy atom. The zero-order valence-corrected chi connectivity index (χ0v) is 13.0. The zero-order chi connectivity index (χ0) is 16.5. The van der Waals surface area contributed by atoms with Gasteiger partial charge in [0.1, 0.15) is 11.8 Å². The zero-order valence-electron chi connectivity index (χ0n) is 12.1. The minimum absolute atomic E-state index is 0.00110. The molecule has 0 radical (unpaired) electrons. The van der Waals surface area contributed by atoms with Crippen LogP contribution in [-0.4, -0.2) is 41.5 Å². The molecule has 22 heavy (non-hydrogen) atoms. The van der Waals surface area contributed by atoms with Crippen molar-refractivity contribution in [2.24, 2.45) is 0 Å². The van der Waals surface area contributed by atoms with Crippen molar-refractivity contribution in [1.29, 1.82) is 0 Å². The second kappa shape index (κ2) is 5.85. The third-order valence-corrected chi connectivity index (χ3v) is 3.55. The van der Waals surface area contributed by atoms with Crippen molar-refractivity contribution in [3.8, 4) is 0 Å². The molecule has 0 spiro atoms. The van der Waals surface area contributed by atoms with Gasteiger partial charge >= 0.3 is 7.60 Å². The van der Waals surface area contributed by atoms with Gasteiger partial charge in [0.05, 0.1) is 18.6 Å². The van der Waals surface area contributed by atoms with E-state index in [1.165, 1.54) is 12.7 Å². The van der Waals surface area contributed by atoms with Crippen LogP contribution < -0.4 is 0 Å². The quantitative estimate of drug-likeness (QED) is 0.610. The van der Waals surface area contributed by atoms with Crippen LogP contribution in [0.1, 0.15) is 12.6 Å².